The molecule has 2 aromatic rings. The van der Waals surface area contributed by atoms with Crippen molar-refractivity contribution in [1.29, 1.82) is 0 Å². The van der Waals surface area contributed by atoms with Crippen molar-refractivity contribution in [2.24, 2.45) is 5.10 Å². The number of amides is 1. The molecule has 2 aromatic carbocycles. The summed E-state index contributed by atoms with van der Waals surface area (Å²) in [6, 6.07) is 10.6. The Bertz CT molecular complexity index is 1290. The van der Waals surface area contributed by atoms with E-state index in [2.05, 4.69) is 40.3 Å². The smallest absolute Gasteiger partial charge is 0.372 e. The summed E-state index contributed by atoms with van der Waals surface area (Å²) in [5.41, 5.74) is 5.23. The molecule has 0 aromatic heterocycles. The SMILES string of the molecule is C/C=C\C=C(/CCC)N(I)C(=S)N/N=C1\C(=O)[N+](C)(Cc2ccccc2C(=O)O)c2ccc(F)cc21. The topological polar surface area (TPSA) is 82.0 Å². The van der Waals surface area contributed by atoms with Crippen molar-refractivity contribution < 1.29 is 19.1 Å². The highest BCUT2D eigenvalue weighted by Crippen LogP contribution is 2.37. The minimum atomic E-state index is -1.08. The molecule has 0 fully saturated rings. The highest BCUT2D eigenvalue weighted by molar-refractivity contribution is 14.1. The average Bonchev–Trinajstić information content (AvgIpc) is 3.05. The molecule has 0 aliphatic carbocycles. The van der Waals surface area contributed by atoms with Crippen molar-refractivity contribution in [1.82, 2.24) is 13.0 Å². The van der Waals surface area contributed by atoms with E-state index < -0.39 is 17.7 Å². The van der Waals surface area contributed by atoms with Gasteiger partial charge in [-0.25, -0.2) is 18.5 Å². The van der Waals surface area contributed by atoms with Gasteiger partial charge < -0.3 is 5.11 Å². The van der Waals surface area contributed by atoms with Gasteiger partial charge >= 0.3 is 11.9 Å². The third-order valence-electron chi connectivity index (χ3n) is 5.81. The standard InChI is InChI=1S/C26H26FIN4O3S/c1-4-6-11-19(9-5-2)31(28)26(36)30-29-23-21-15-18(27)13-14-22(21)32(3,24(23)33)16-17-10-7-8-12-20(17)25(34)35/h4,6-8,10-15H,5,9,16H2,1-3H3,(H-,30,33,34,35,36)/p+1/b6-4-,19-11+. The van der Waals surface area contributed by atoms with Crippen molar-refractivity contribution in [3.05, 3.63) is 88.9 Å². The second kappa shape index (κ2) is 11.8. The fourth-order valence-corrected chi connectivity index (χ4v) is 4.72. The first-order valence-corrected chi connectivity index (χ1v) is 12.7. The number of hydrogen-bond acceptors (Lipinski definition) is 4. The zero-order valence-corrected chi connectivity index (χ0v) is 23.1. The monoisotopic (exact) mass is 621 g/mol. The number of allylic oxidation sites excluding steroid dienone is 4. The van der Waals surface area contributed by atoms with Gasteiger partial charge in [-0.3, -0.25) is 8.54 Å². The zero-order valence-electron chi connectivity index (χ0n) is 20.2. The van der Waals surface area contributed by atoms with E-state index >= 15 is 0 Å². The lowest BCUT2D eigenvalue weighted by atomic mass is 10.1. The summed E-state index contributed by atoms with van der Waals surface area (Å²) >= 11 is 7.58. The molecule has 7 nitrogen and oxygen atoms in total. The molecular weight excluding hydrogens is 594 g/mol. The number of fused-ring (bicyclic) bond motifs is 1. The number of carbonyl (C=O) groups excluding carboxylic acids is 1. The van der Waals surface area contributed by atoms with E-state index in [1.165, 1.54) is 24.3 Å². The summed E-state index contributed by atoms with van der Waals surface area (Å²) in [4.78, 5) is 25.4. The number of likely N-dealkylation sites (N-methyl/N-ethyl adjacent to an activating group) is 1. The molecule has 1 aliphatic rings. The molecule has 1 unspecified atom stereocenters. The molecule has 0 saturated heterocycles. The van der Waals surface area contributed by atoms with Crippen molar-refractivity contribution in [3.63, 3.8) is 0 Å². The first-order chi connectivity index (χ1) is 17.1. The Kier molecular flexibility index (Phi) is 9.09. The maximum Gasteiger partial charge on any atom is 0.372 e. The van der Waals surface area contributed by atoms with Crippen LogP contribution in [-0.4, -0.2) is 38.0 Å². The second-order valence-corrected chi connectivity index (χ2v) is 9.72. The first kappa shape index (κ1) is 27.6. The van der Waals surface area contributed by atoms with Crippen LogP contribution in [0.4, 0.5) is 10.1 Å². The van der Waals surface area contributed by atoms with Crippen molar-refractivity contribution >= 4 is 63.5 Å². The van der Waals surface area contributed by atoms with Gasteiger partial charge in [-0.05, 0) is 49.8 Å². The van der Waals surface area contributed by atoms with Crippen LogP contribution in [0.3, 0.4) is 0 Å². The molecule has 1 atom stereocenters. The Hall–Kier alpha value is -2.96. The molecule has 1 amide bonds. The van der Waals surface area contributed by atoms with Crippen molar-refractivity contribution in [2.45, 2.75) is 33.2 Å². The van der Waals surface area contributed by atoms with Crippen molar-refractivity contribution in [3.8, 4) is 0 Å². The van der Waals surface area contributed by atoms with Crippen LogP contribution in [0.1, 0.15) is 48.2 Å². The van der Waals surface area contributed by atoms with Crippen LogP contribution >= 0.6 is 35.1 Å². The maximum absolute atomic E-state index is 14.2. The maximum atomic E-state index is 14.2. The lowest BCUT2D eigenvalue weighted by Crippen LogP contribution is -2.49. The highest BCUT2D eigenvalue weighted by Gasteiger charge is 2.49. The van der Waals surface area contributed by atoms with Crippen LogP contribution in [0.2, 0.25) is 0 Å². The molecule has 36 heavy (non-hydrogen) atoms. The van der Waals surface area contributed by atoms with E-state index in [9.17, 15) is 19.1 Å². The fraction of sp³-hybridized carbons (Fsp3) is 0.231. The highest BCUT2D eigenvalue weighted by atomic mass is 127. The van der Waals surface area contributed by atoms with Gasteiger partial charge in [0.2, 0.25) is 10.8 Å². The summed E-state index contributed by atoms with van der Waals surface area (Å²) in [5.74, 6) is -1.99. The average molecular weight is 621 g/mol. The summed E-state index contributed by atoms with van der Waals surface area (Å²) in [6.45, 7) is 4.05. The number of nitrogens with one attached hydrogen (secondary N) is 1. The van der Waals surface area contributed by atoms with Crippen LogP contribution in [0.15, 0.2) is 71.5 Å². The lowest BCUT2D eigenvalue weighted by molar-refractivity contribution is -0.122. The number of thiocarbonyl (C=S) groups is 1. The van der Waals surface area contributed by atoms with Crippen LogP contribution in [0.25, 0.3) is 0 Å². The van der Waals surface area contributed by atoms with Gasteiger partial charge in [-0.1, -0.05) is 43.7 Å². The number of nitrogens with zero attached hydrogens (tertiary/aromatic N) is 3. The Balaban J connectivity index is 1.98. The van der Waals surface area contributed by atoms with Gasteiger partial charge in [0.25, 0.3) is 0 Å². The Labute approximate surface area is 229 Å². The van der Waals surface area contributed by atoms with Crippen LogP contribution in [-0.2, 0) is 11.3 Å². The number of aromatic carboxylic acids is 1. The van der Waals surface area contributed by atoms with Crippen LogP contribution in [0, 0.1) is 5.82 Å². The van der Waals surface area contributed by atoms with E-state index in [-0.39, 0.29) is 27.4 Å². The number of quaternary nitrogens is 1. The lowest BCUT2D eigenvalue weighted by Gasteiger charge is -2.27. The molecule has 0 radical (unpaired) electrons. The normalized spacial score (nSPS) is 18.5. The number of carboxylic acids is 1. The zero-order chi connectivity index (χ0) is 26.5. The first-order valence-electron chi connectivity index (χ1n) is 11.3. The number of carbonyl (C=O) groups is 2. The van der Waals surface area contributed by atoms with E-state index in [0.717, 1.165) is 18.5 Å². The number of hydrogen-bond donors (Lipinski definition) is 2. The molecule has 2 N–H and O–H groups in total. The van der Waals surface area contributed by atoms with Gasteiger partial charge in [-0.15, -0.1) is 0 Å². The van der Waals surface area contributed by atoms with Gasteiger partial charge in [0, 0.05) is 17.3 Å². The van der Waals surface area contributed by atoms with Gasteiger partial charge in [-0.2, -0.15) is 5.10 Å². The molecule has 1 heterocycles. The van der Waals surface area contributed by atoms with E-state index in [0.29, 0.717) is 16.8 Å². The molecule has 0 spiro atoms. The number of hydrazone groups is 1. The predicted molar refractivity (Wildman–Crippen MR) is 152 cm³/mol. The quantitative estimate of drug-likeness (QED) is 0.0985. The molecule has 3 rings (SSSR count). The summed E-state index contributed by atoms with van der Waals surface area (Å²) in [7, 11) is 1.67. The molecular formula is C26H27FIN4O3S+. The number of carboxylic acid groups (broad SMARTS) is 1. The predicted octanol–water partition coefficient (Wildman–Crippen LogP) is 5.69. The minimum Gasteiger partial charge on any atom is -0.478 e. The number of benzene rings is 2. The van der Waals surface area contributed by atoms with Gasteiger partial charge in [0.05, 0.1) is 41.0 Å². The summed E-state index contributed by atoms with van der Waals surface area (Å²) in [5, 5.41) is 14.2. The van der Waals surface area contributed by atoms with E-state index in [1.54, 1.807) is 28.4 Å². The molecule has 0 bridgehead atoms. The van der Waals surface area contributed by atoms with Crippen LogP contribution < -0.4 is 9.91 Å². The van der Waals surface area contributed by atoms with E-state index in [4.69, 9.17) is 12.2 Å². The summed E-state index contributed by atoms with van der Waals surface area (Å²) < 4.78 is 15.7. The number of halogens is 2. The molecule has 1 aliphatic heterocycles. The Morgan fingerprint density at radius 3 is 2.69 bits per heavy atom. The molecule has 0 saturated carbocycles. The van der Waals surface area contributed by atoms with Gasteiger partial charge in [0.15, 0.2) is 5.69 Å². The largest absolute Gasteiger partial charge is 0.478 e. The van der Waals surface area contributed by atoms with Gasteiger partial charge in [0.1, 0.15) is 12.4 Å². The Morgan fingerprint density at radius 1 is 1.31 bits per heavy atom. The minimum absolute atomic E-state index is 0.0291. The van der Waals surface area contributed by atoms with Crippen LogP contribution in [0.5, 0.6) is 0 Å². The summed E-state index contributed by atoms with van der Waals surface area (Å²) in [6.07, 6.45) is 7.50. The third kappa shape index (κ3) is 5.71. The van der Waals surface area contributed by atoms with E-state index in [1.807, 2.05) is 25.2 Å². The fourth-order valence-electron chi connectivity index (χ4n) is 4.05. The molecule has 188 valence electrons. The number of rotatable bonds is 8. The van der Waals surface area contributed by atoms with Crippen molar-refractivity contribution in [2.75, 3.05) is 7.05 Å². The third-order valence-corrected chi connectivity index (χ3v) is 7.51. The Morgan fingerprint density at radius 2 is 2.03 bits per heavy atom. The molecule has 10 heteroatoms. The second-order valence-electron chi connectivity index (χ2n) is 8.37.